The largest absolute Gasteiger partial charge is 0.496 e. The fourth-order valence-electron chi connectivity index (χ4n) is 5.13. The zero-order valence-corrected chi connectivity index (χ0v) is 21.7. The molecule has 0 unspecified atom stereocenters. The van der Waals surface area contributed by atoms with Gasteiger partial charge in [0.2, 0.25) is 5.95 Å². The summed E-state index contributed by atoms with van der Waals surface area (Å²) in [6.07, 6.45) is 9.34. The highest BCUT2D eigenvalue weighted by Crippen LogP contribution is 2.41. The topological polar surface area (TPSA) is 140 Å². The van der Waals surface area contributed by atoms with E-state index in [-0.39, 0.29) is 47.2 Å². The number of pyridine rings is 1. The molecule has 10 nitrogen and oxygen atoms in total. The Balaban J connectivity index is 1.47. The molecule has 4 heterocycles. The van der Waals surface area contributed by atoms with Gasteiger partial charge in [-0.25, -0.2) is 9.97 Å². The number of anilines is 2. The molecule has 0 spiro atoms. The Morgan fingerprint density at radius 2 is 2.00 bits per heavy atom. The lowest BCUT2D eigenvalue weighted by Gasteiger charge is -2.19. The van der Waals surface area contributed by atoms with Gasteiger partial charge in [-0.1, -0.05) is 24.4 Å². The second-order valence-corrected chi connectivity index (χ2v) is 9.84. The fraction of sp³-hybridized carbons (Fsp3) is 0.385. The van der Waals surface area contributed by atoms with E-state index in [1.54, 1.807) is 25.6 Å². The number of aromatic amines is 1. The number of rotatable bonds is 7. The lowest BCUT2D eigenvalue weighted by Crippen LogP contribution is -2.27. The third kappa shape index (κ3) is 4.69. The smallest absolute Gasteiger partial charge is 0.260 e. The van der Waals surface area contributed by atoms with Crippen molar-refractivity contribution in [2.45, 2.75) is 52.5 Å². The van der Waals surface area contributed by atoms with Gasteiger partial charge in [-0.05, 0) is 32.8 Å². The van der Waals surface area contributed by atoms with Gasteiger partial charge >= 0.3 is 0 Å². The number of imidazole rings is 1. The molecular formula is C26H28ClN7O3. The number of fused-ring (bicyclic) bond motifs is 1. The van der Waals surface area contributed by atoms with E-state index in [0.717, 1.165) is 36.8 Å². The van der Waals surface area contributed by atoms with Crippen molar-refractivity contribution in [2.75, 3.05) is 17.7 Å². The molecule has 1 saturated carbocycles. The number of ether oxygens (including phenoxy) is 1. The molecule has 0 aromatic carbocycles. The van der Waals surface area contributed by atoms with Crippen molar-refractivity contribution in [1.82, 2.24) is 24.9 Å². The molecular weight excluding hydrogens is 494 g/mol. The molecule has 0 atom stereocenters. The minimum Gasteiger partial charge on any atom is -0.496 e. The molecule has 0 saturated heterocycles. The van der Waals surface area contributed by atoms with Crippen molar-refractivity contribution in [3.05, 3.63) is 51.4 Å². The average molecular weight is 522 g/mol. The van der Waals surface area contributed by atoms with Gasteiger partial charge in [0.15, 0.2) is 5.82 Å². The molecule has 1 fully saturated rings. The van der Waals surface area contributed by atoms with Crippen LogP contribution in [0.2, 0.25) is 5.15 Å². The van der Waals surface area contributed by atoms with Crippen LogP contribution in [0, 0.1) is 19.8 Å². The Bertz CT molecular complexity index is 1430. The number of ketones is 1. The molecule has 3 aromatic heterocycles. The van der Waals surface area contributed by atoms with Crippen LogP contribution in [0.4, 0.5) is 11.8 Å². The lowest BCUT2D eigenvalue weighted by atomic mass is 9.99. The second kappa shape index (κ2) is 9.93. The van der Waals surface area contributed by atoms with Crippen molar-refractivity contribution in [1.29, 1.82) is 0 Å². The van der Waals surface area contributed by atoms with Crippen molar-refractivity contribution in [2.24, 2.45) is 5.92 Å². The van der Waals surface area contributed by atoms with Gasteiger partial charge in [-0.2, -0.15) is 4.98 Å². The number of H-pyrrole nitrogens is 1. The molecule has 11 heteroatoms. The summed E-state index contributed by atoms with van der Waals surface area (Å²) in [5.74, 6) is 1.42. The number of hydrogen-bond donors (Lipinski definition) is 2. The number of hydrogen-bond acceptors (Lipinski definition) is 8. The molecule has 0 radical (unpaired) electrons. The van der Waals surface area contributed by atoms with Crippen LogP contribution < -0.4 is 15.4 Å². The van der Waals surface area contributed by atoms with Gasteiger partial charge in [0, 0.05) is 41.6 Å². The molecule has 1 amide bonds. The first-order valence-electron chi connectivity index (χ1n) is 12.2. The van der Waals surface area contributed by atoms with Crippen LogP contribution in [0.5, 0.6) is 5.75 Å². The summed E-state index contributed by atoms with van der Waals surface area (Å²) in [6, 6.07) is 0. The zero-order valence-electron chi connectivity index (χ0n) is 21.0. The Morgan fingerprint density at radius 3 is 2.73 bits per heavy atom. The van der Waals surface area contributed by atoms with Crippen molar-refractivity contribution >= 4 is 46.7 Å². The molecule has 5 rings (SSSR count). The van der Waals surface area contributed by atoms with Crippen LogP contribution in [-0.2, 0) is 22.6 Å². The maximum atomic E-state index is 13.7. The van der Waals surface area contributed by atoms with Crippen molar-refractivity contribution < 1.29 is 14.3 Å². The quantitative estimate of drug-likeness (QED) is 0.353. The van der Waals surface area contributed by atoms with Gasteiger partial charge in [0.1, 0.15) is 22.5 Å². The number of carbonyl (C=O) groups is 2. The summed E-state index contributed by atoms with van der Waals surface area (Å²) < 4.78 is 5.52. The van der Waals surface area contributed by atoms with E-state index in [4.69, 9.17) is 22.1 Å². The second-order valence-electron chi connectivity index (χ2n) is 9.48. The summed E-state index contributed by atoms with van der Waals surface area (Å²) >= 11 is 6.45. The molecule has 0 bridgehead atoms. The molecule has 2 aliphatic rings. The van der Waals surface area contributed by atoms with Gasteiger partial charge in [-0.3, -0.25) is 19.5 Å². The fourth-order valence-corrected chi connectivity index (χ4v) is 5.40. The van der Waals surface area contributed by atoms with E-state index in [9.17, 15) is 9.59 Å². The molecule has 192 valence electrons. The number of nitrogens with zero attached hydrogens (tertiary/aromatic N) is 5. The van der Waals surface area contributed by atoms with Crippen LogP contribution in [0.25, 0.3) is 11.6 Å². The summed E-state index contributed by atoms with van der Waals surface area (Å²) in [4.78, 5) is 48.2. The minimum atomic E-state index is -0.336. The van der Waals surface area contributed by atoms with Crippen LogP contribution in [0.3, 0.4) is 0 Å². The number of amides is 1. The van der Waals surface area contributed by atoms with Gasteiger partial charge < -0.3 is 15.5 Å². The number of Topliss-reactive ketones (excluding diaryl/α,β-unsaturated/α-hetero) is 1. The van der Waals surface area contributed by atoms with Crippen LogP contribution in [-0.4, -0.2) is 43.7 Å². The van der Waals surface area contributed by atoms with Crippen LogP contribution in [0.15, 0.2) is 12.4 Å². The number of methoxy groups -OCH3 is 1. The molecule has 3 aromatic rings. The highest BCUT2D eigenvalue weighted by atomic mass is 35.5. The Labute approximate surface area is 219 Å². The average Bonchev–Trinajstić information content (AvgIpc) is 3.59. The first-order chi connectivity index (χ1) is 17.8. The number of nitrogens with two attached hydrogens (primary N) is 1. The van der Waals surface area contributed by atoms with Gasteiger partial charge in [-0.15, -0.1) is 0 Å². The summed E-state index contributed by atoms with van der Waals surface area (Å²) in [6.45, 7) is 3.94. The Morgan fingerprint density at radius 1 is 1.24 bits per heavy atom. The van der Waals surface area contributed by atoms with Crippen LogP contribution in [0.1, 0.15) is 59.6 Å². The first-order valence-corrected chi connectivity index (χ1v) is 12.6. The predicted molar refractivity (Wildman–Crippen MR) is 140 cm³/mol. The monoisotopic (exact) mass is 521 g/mol. The van der Waals surface area contributed by atoms with Crippen molar-refractivity contribution in [3.63, 3.8) is 0 Å². The lowest BCUT2D eigenvalue weighted by molar-refractivity contribution is -0.122. The SMILES string of the molecule is COc1c(C)cnc(CN2C(=O)/C(=C\c3ncc(CC(=O)C4CCCC4)[nH]3)c3c(Cl)nc(N)nc32)c1C. The number of nitrogens with one attached hydrogen (secondary N) is 1. The van der Waals surface area contributed by atoms with Crippen molar-refractivity contribution in [3.8, 4) is 5.75 Å². The van der Waals surface area contributed by atoms with E-state index in [1.807, 2.05) is 13.8 Å². The highest BCUT2D eigenvalue weighted by molar-refractivity contribution is 6.41. The molecule has 1 aliphatic carbocycles. The van der Waals surface area contributed by atoms with E-state index >= 15 is 0 Å². The number of nitrogen functional groups attached to an aromatic ring is 1. The van der Waals surface area contributed by atoms with E-state index in [0.29, 0.717) is 34.3 Å². The van der Waals surface area contributed by atoms with Crippen LogP contribution >= 0.6 is 11.6 Å². The minimum absolute atomic E-state index is 0.0420. The maximum absolute atomic E-state index is 13.7. The van der Waals surface area contributed by atoms with E-state index in [2.05, 4.69) is 24.9 Å². The van der Waals surface area contributed by atoms with E-state index < -0.39 is 0 Å². The van der Waals surface area contributed by atoms with Gasteiger partial charge in [0.25, 0.3) is 5.91 Å². The third-order valence-corrected chi connectivity index (χ3v) is 7.30. The summed E-state index contributed by atoms with van der Waals surface area (Å²) in [7, 11) is 1.60. The Hall–Kier alpha value is -3.79. The number of halogens is 1. The summed E-state index contributed by atoms with van der Waals surface area (Å²) in [5.41, 5.74) is 9.61. The third-order valence-electron chi connectivity index (χ3n) is 7.03. The number of aryl methyl sites for hydroxylation is 1. The molecule has 3 N–H and O–H groups in total. The number of aromatic nitrogens is 5. The first kappa shape index (κ1) is 24.9. The van der Waals surface area contributed by atoms with E-state index in [1.165, 1.54) is 4.90 Å². The standard InChI is InChI=1S/C26H28ClN7O3/c1-13-10-29-18(14(2)22(13)37-3)12-34-24-21(23(27)32-26(28)33-24)17(25(34)36)9-20-30-11-16(31-20)8-19(35)15-6-4-5-7-15/h9-11,15H,4-8,12H2,1-3H3,(H,30,31)(H2,28,32,33)/b17-9-. The maximum Gasteiger partial charge on any atom is 0.260 e. The number of carbonyl (C=O) groups excluding carboxylic acids is 2. The van der Waals surface area contributed by atoms with Gasteiger partial charge in [0.05, 0.1) is 30.5 Å². The highest BCUT2D eigenvalue weighted by Gasteiger charge is 2.38. The Kier molecular flexibility index (Phi) is 6.68. The predicted octanol–water partition coefficient (Wildman–Crippen LogP) is 3.84. The molecule has 1 aliphatic heterocycles. The summed E-state index contributed by atoms with van der Waals surface area (Å²) in [5, 5.41) is 0.0685. The molecule has 37 heavy (non-hydrogen) atoms. The normalized spacial score (nSPS) is 16.6. The zero-order chi connectivity index (χ0) is 26.3.